The van der Waals surface area contributed by atoms with Crippen LogP contribution in [0.5, 0.6) is 5.75 Å². The number of hydrogen-bond acceptors (Lipinski definition) is 3. The van der Waals surface area contributed by atoms with Gasteiger partial charge in [-0.2, -0.15) is 0 Å². The normalized spacial score (nSPS) is 23.7. The van der Waals surface area contributed by atoms with Crippen LogP contribution in [0.1, 0.15) is 6.92 Å². The highest BCUT2D eigenvalue weighted by molar-refractivity contribution is 7.89. The summed E-state index contributed by atoms with van der Waals surface area (Å²) in [6.07, 6.45) is -0.317. The Kier molecular flexibility index (Phi) is 2.40. The van der Waals surface area contributed by atoms with Gasteiger partial charge >= 0.3 is 0 Å². The molecule has 82 valence electrons. The predicted octanol–water partition coefficient (Wildman–Crippen LogP) is 0.885. The van der Waals surface area contributed by atoms with Crippen LogP contribution in [-0.4, -0.2) is 21.1 Å². The van der Waals surface area contributed by atoms with Gasteiger partial charge in [0.1, 0.15) is 17.7 Å². The molecule has 1 aromatic carbocycles. The molecular formula is C9H10FNO3S. The fraction of sp³-hybridized carbons (Fsp3) is 0.333. The van der Waals surface area contributed by atoms with Gasteiger partial charge in [0, 0.05) is 6.54 Å². The van der Waals surface area contributed by atoms with E-state index < -0.39 is 20.7 Å². The fourth-order valence-corrected chi connectivity index (χ4v) is 2.70. The molecule has 0 aromatic heterocycles. The van der Waals surface area contributed by atoms with E-state index in [1.165, 1.54) is 12.1 Å². The second-order valence-corrected chi connectivity index (χ2v) is 5.05. The molecule has 1 aliphatic rings. The van der Waals surface area contributed by atoms with Crippen LogP contribution in [0.2, 0.25) is 0 Å². The van der Waals surface area contributed by atoms with Crippen molar-refractivity contribution in [3.05, 3.63) is 24.0 Å². The molecule has 0 fully saturated rings. The van der Waals surface area contributed by atoms with Gasteiger partial charge < -0.3 is 4.74 Å². The van der Waals surface area contributed by atoms with Crippen LogP contribution >= 0.6 is 0 Å². The van der Waals surface area contributed by atoms with Crippen molar-refractivity contribution < 1.29 is 17.5 Å². The Bertz CT molecular complexity index is 486. The van der Waals surface area contributed by atoms with Crippen molar-refractivity contribution in [2.45, 2.75) is 17.9 Å². The Hall–Kier alpha value is -1.14. The Morgan fingerprint density at radius 3 is 3.00 bits per heavy atom. The van der Waals surface area contributed by atoms with Gasteiger partial charge in [0.2, 0.25) is 10.0 Å². The standard InChI is InChI=1S/C9H10FNO3S/c1-6-5-11-15(12,13)9-7(10)3-2-4-8(9)14-6/h2-4,6,11H,5H2,1H3/t6-/m1/s1. The summed E-state index contributed by atoms with van der Waals surface area (Å²) in [5.74, 6) is -0.735. The van der Waals surface area contributed by atoms with Gasteiger partial charge in [0.15, 0.2) is 4.90 Å². The van der Waals surface area contributed by atoms with Crippen LogP contribution < -0.4 is 9.46 Å². The number of hydrogen-bond donors (Lipinski definition) is 1. The number of benzene rings is 1. The third kappa shape index (κ3) is 1.82. The van der Waals surface area contributed by atoms with Crippen LogP contribution in [0.15, 0.2) is 23.1 Å². The maximum absolute atomic E-state index is 13.4. The zero-order valence-corrected chi connectivity index (χ0v) is 8.84. The van der Waals surface area contributed by atoms with Crippen molar-refractivity contribution in [1.82, 2.24) is 4.72 Å². The first kappa shape index (κ1) is 10.4. The minimum absolute atomic E-state index is 0.0625. The number of rotatable bonds is 0. The molecule has 2 rings (SSSR count). The summed E-state index contributed by atoms with van der Waals surface area (Å²) in [6, 6.07) is 3.96. The maximum atomic E-state index is 13.4. The minimum atomic E-state index is -3.79. The number of halogens is 1. The van der Waals surface area contributed by atoms with E-state index in [2.05, 4.69) is 4.72 Å². The molecule has 1 aliphatic heterocycles. The maximum Gasteiger partial charge on any atom is 0.247 e. The molecule has 0 unspecified atom stereocenters. The molecule has 1 atom stereocenters. The average Bonchev–Trinajstić information content (AvgIpc) is 2.25. The van der Waals surface area contributed by atoms with Gasteiger partial charge in [-0.25, -0.2) is 17.5 Å². The first-order valence-electron chi connectivity index (χ1n) is 4.45. The van der Waals surface area contributed by atoms with Gasteiger partial charge in [-0.3, -0.25) is 0 Å². The zero-order chi connectivity index (χ0) is 11.1. The van der Waals surface area contributed by atoms with Gasteiger partial charge in [-0.1, -0.05) is 6.07 Å². The summed E-state index contributed by atoms with van der Waals surface area (Å²) >= 11 is 0. The molecule has 6 heteroatoms. The number of sulfonamides is 1. The predicted molar refractivity (Wildman–Crippen MR) is 51.7 cm³/mol. The summed E-state index contributed by atoms with van der Waals surface area (Å²) < 4.78 is 44.2. The van der Waals surface area contributed by atoms with Crippen molar-refractivity contribution in [1.29, 1.82) is 0 Å². The van der Waals surface area contributed by atoms with Crippen LogP contribution in [0, 0.1) is 5.82 Å². The second kappa shape index (κ2) is 3.46. The number of ether oxygens (including phenoxy) is 1. The van der Waals surface area contributed by atoms with Crippen molar-refractivity contribution in [2.24, 2.45) is 0 Å². The van der Waals surface area contributed by atoms with Gasteiger partial charge in [-0.15, -0.1) is 0 Å². The van der Waals surface area contributed by atoms with E-state index in [9.17, 15) is 12.8 Å². The molecule has 0 radical (unpaired) electrons. The molecule has 0 spiro atoms. The molecule has 0 bridgehead atoms. The van der Waals surface area contributed by atoms with Gasteiger partial charge in [-0.05, 0) is 19.1 Å². The Morgan fingerprint density at radius 1 is 1.53 bits per heavy atom. The van der Waals surface area contributed by atoms with E-state index in [0.29, 0.717) is 0 Å². The van der Waals surface area contributed by atoms with E-state index in [4.69, 9.17) is 4.74 Å². The molecular weight excluding hydrogens is 221 g/mol. The van der Waals surface area contributed by atoms with Crippen LogP contribution in [0.3, 0.4) is 0 Å². The number of fused-ring (bicyclic) bond motifs is 1. The van der Waals surface area contributed by atoms with E-state index in [1.54, 1.807) is 6.92 Å². The SMILES string of the molecule is C[C@@H]1CNS(=O)(=O)c2c(F)cccc2O1. The molecule has 0 amide bonds. The highest BCUT2D eigenvalue weighted by Crippen LogP contribution is 2.28. The minimum Gasteiger partial charge on any atom is -0.488 e. The molecule has 1 N–H and O–H groups in total. The molecule has 4 nitrogen and oxygen atoms in total. The van der Waals surface area contributed by atoms with Crippen molar-refractivity contribution in [2.75, 3.05) is 6.54 Å². The van der Waals surface area contributed by atoms with Crippen LogP contribution in [-0.2, 0) is 10.0 Å². The van der Waals surface area contributed by atoms with Crippen molar-refractivity contribution in [3.8, 4) is 5.75 Å². The monoisotopic (exact) mass is 231 g/mol. The molecule has 0 aliphatic carbocycles. The Balaban J connectivity index is 2.67. The lowest BCUT2D eigenvalue weighted by Crippen LogP contribution is -2.30. The summed E-state index contributed by atoms with van der Waals surface area (Å²) in [6.45, 7) is 1.85. The first-order valence-corrected chi connectivity index (χ1v) is 5.94. The lowest BCUT2D eigenvalue weighted by molar-refractivity contribution is 0.222. The average molecular weight is 231 g/mol. The Labute approximate surface area is 87.1 Å². The summed E-state index contributed by atoms with van der Waals surface area (Å²) in [7, 11) is -3.79. The lowest BCUT2D eigenvalue weighted by atomic mass is 10.3. The topological polar surface area (TPSA) is 55.4 Å². The first-order chi connectivity index (χ1) is 7.00. The summed E-state index contributed by atoms with van der Waals surface area (Å²) in [5, 5.41) is 0. The third-order valence-corrected chi connectivity index (χ3v) is 3.57. The van der Waals surface area contributed by atoms with Crippen molar-refractivity contribution in [3.63, 3.8) is 0 Å². The van der Waals surface area contributed by atoms with E-state index in [0.717, 1.165) is 6.07 Å². The molecule has 0 saturated heterocycles. The van der Waals surface area contributed by atoms with E-state index in [-0.39, 0.29) is 18.4 Å². The van der Waals surface area contributed by atoms with E-state index in [1.807, 2.05) is 0 Å². The van der Waals surface area contributed by atoms with Crippen LogP contribution in [0.4, 0.5) is 4.39 Å². The quantitative estimate of drug-likeness (QED) is 0.721. The van der Waals surface area contributed by atoms with E-state index >= 15 is 0 Å². The molecule has 1 aromatic rings. The second-order valence-electron chi connectivity index (χ2n) is 3.35. The van der Waals surface area contributed by atoms with Gasteiger partial charge in [0.25, 0.3) is 0 Å². The highest BCUT2D eigenvalue weighted by atomic mass is 32.2. The lowest BCUT2D eigenvalue weighted by Gasteiger charge is -2.10. The summed E-state index contributed by atoms with van der Waals surface area (Å²) in [5.41, 5.74) is 0. The number of nitrogens with one attached hydrogen (secondary N) is 1. The third-order valence-electron chi connectivity index (χ3n) is 2.09. The zero-order valence-electron chi connectivity index (χ0n) is 8.03. The highest BCUT2D eigenvalue weighted by Gasteiger charge is 2.28. The van der Waals surface area contributed by atoms with Crippen molar-refractivity contribution >= 4 is 10.0 Å². The smallest absolute Gasteiger partial charge is 0.247 e. The molecule has 0 saturated carbocycles. The summed E-state index contributed by atoms with van der Waals surface area (Å²) in [4.78, 5) is -0.408. The molecule has 1 heterocycles. The Morgan fingerprint density at radius 2 is 2.27 bits per heavy atom. The largest absolute Gasteiger partial charge is 0.488 e. The van der Waals surface area contributed by atoms with Gasteiger partial charge in [0.05, 0.1) is 0 Å². The van der Waals surface area contributed by atoms with Crippen LogP contribution in [0.25, 0.3) is 0 Å². The molecule has 15 heavy (non-hydrogen) atoms. The fourth-order valence-electron chi connectivity index (χ4n) is 1.40.